The predicted octanol–water partition coefficient (Wildman–Crippen LogP) is 4.55. The Labute approximate surface area is 179 Å². The minimum atomic E-state index is -0.348. The molecular formula is C23H25FN2O3S. The van der Waals surface area contributed by atoms with Crippen LogP contribution in [-0.2, 0) is 17.9 Å². The highest BCUT2D eigenvalue weighted by Gasteiger charge is 2.24. The normalized spacial score (nSPS) is 11.0. The van der Waals surface area contributed by atoms with Crippen LogP contribution in [0, 0.1) is 5.82 Å². The van der Waals surface area contributed by atoms with E-state index in [9.17, 15) is 14.0 Å². The molecule has 0 N–H and O–H groups in total. The second-order valence-corrected chi connectivity index (χ2v) is 8.22. The Morgan fingerprint density at radius 2 is 1.77 bits per heavy atom. The third-order valence-corrected chi connectivity index (χ3v) is 6.08. The molecule has 1 heterocycles. The SMILES string of the molecule is CCN(Cc1ccc(C(=O)N(C)C)cc1)C(=O)c1sc2cccc(F)c2c1COC. The van der Waals surface area contributed by atoms with Crippen molar-refractivity contribution in [3.05, 3.63) is 69.8 Å². The highest BCUT2D eigenvalue weighted by atomic mass is 32.1. The molecule has 0 saturated carbocycles. The van der Waals surface area contributed by atoms with Crippen molar-refractivity contribution in [2.24, 2.45) is 0 Å². The van der Waals surface area contributed by atoms with Crippen molar-refractivity contribution in [1.82, 2.24) is 9.80 Å². The average molecular weight is 429 g/mol. The van der Waals surface area contributed by atoms with Gasteiger partial charge in [0.25, 0.3) is 11.8 Å². The number of nitrogens with zero attached hydrogens (tertiary/aromatic N) is 2. The van der Waals surface area contributed by atoms with Crippen LogP contribution in [-0.4, -0.2) is 49.4 Å². The number of hydrogen-bond donors (Lipinski definition) is 0. The molecule has 0 unspecified atom stereocenters. The van der Waals surface area contributed by atoms with E-state index in [1.54, 1.807) is 37.2 Å². The van der Waals surface area contributed by atoms with Crippen LogP contribution < -0.4 is 0 Å². The first-order valence-electron chi connectivity index (χ1n) is 9.66. The van der Waals surface area contributed by atoms with Gasteiger partial charge in [-0.3, -0.25) is 9.59 Å². The minimum absolute atomic E-state index is 0.0681. The molecule has 1 aromatic heterocycles. The first kappa shape index (κ1) is 21.9. The average Bonchev–Trinajstić information content (AvgIpc) is 3.11. The summed E-state index contributed by atoms with van der Waals surface area (Å²) in [6.07, 6.45) is 0. The second-order valence-electron chi connectivity index (χ2n) is 7.17. The monoisotopic (exact) mass is 428 g/mol. The van der Waals surface area contributed by atoms with Crippen LogP contribution in [0.4, 0.5) is 4.39 Å². The molecule has 0 aliphatic carbocycles. The predicted molar refractivity (Wildman–Crippen MR) is 117 cm³/mol. The zero-order valence-corrected chi connectivity index (χ0v) is 18.4. The Hall–Kier alpha value is -2.77. The third-order valence-electron chi connectivity index (χ3n) is 4.90. The van der Waals surface area contributed by atoms with Crippen LogP contribution in [0.25, 0.3) is 10.1 Å². The molecule has 158 valence electrons. The number of halogens is 1. The third kappa shape index (κ3) is 4.37. The molecule has 0 aliphatic heterocycles. The van der Waals surface area contributed by atoms with E-state index < -0.39 is 0 Å². The quantitative estimate of drug-likeness (QED) is 0.555. The number of methoxy groups -OCH3 is 1. The summed E-state index contributed by atoms with van der Waals surface area (Å²) in [6.45, 7) is 2.97. The van der Waals surface area contributed by atoms with Crippen LogP contribution in [0.3, 0.4) is 0 Å². The van der Waals surface area contributed by atoms with Crippen LogP contribution >= 0.6 is 11.3 Å². The maximum Gasteiger partial charge on any atom is 0.264 e. The smallest absolute Gasteiger partial charge is 0.264 e. The topological polar surface area (TPSA) is 49.9 Å². The van der Waals surface area contributed by atoms with Gasteiger partial charge >= 0.3 is 0 Å². The molecule has 5 nitrogen and oxygen atoms in total. The lowest BCUT2D eigenvalue weighted by molar-refractivity contribution is 0.0752. The zero-order valence-electron chi connectivity index (χ0n) is 17.6. The highest BCUT2D eigenvalue weighted by Crippen LogP contribution is 2.34. The van der Waals surface area contributed by atoms with E-state index in [2.05, 4.69) is 0 Å². The maximum atomic E-state index is 14.4. The van der Waals surface area contributed by atoms with E-state index in [1.165, 1.54) is 29.4 Å². The van der Waals surface area contributed by atoms with Gasteiger partial charge in [0, 0.05) is 55.5 Å². The van der Waals surface area contributed by atoms with Crippen molar-refractivity contribution in [1.29, 1.82) is 0 Å². The van der Waals surface area contributed by atoms with E-state index in [0.717, 1.165) is 10.3 Å². The number of carbonyl (C=O) groups is 2. The van der Waals surface area contributed by atoms with Crippen LogP contribution in [0.15, 0.2) is 42.5 Å². The Morgan fingerprint density at radius 1 is 1.07 bits per heavy atom. The van der Waals surface area contributed by atoms with Crippen LogP contribution in [0.2, 0.25) is 0 Å². The first-order valence-corrected chi connectivity index (χ1v) is 10.5. The Kier molecular flexibility index (Phi) is 6.84. The molecule has 30 heavy (non-hydrogen) atoms. The van der Waals surface area contributed by atoms with Gasteiger partial charge in [0.05, 0.1) is 11.5 Å². The second kappa shape index (κ2) is 9.36. The largest absolute Gasteiger partial charge is 0.380 e. The standard InChI is InChI=1S/C23H25FN2O3S/c1-5-26(13-15-9-11-16(12-10-15)22(27)25(2)3)23(28)21-17(14-29-4)20-18(24)7-6-8-19(20)30-21/h6-12H,5,13-14H2,1-4H3. The van der Waals surface area contributed by atoms with Gasteiger partial charge in [0.1, 0.15) is 5.82 Å². The van der Waals surface area contributed by atoms with Gasteiger partial charge in [-0.1, -0.05) is 18.2 Å². The summed E-state index contributed by atoms with van der Waals surface area (Å²) in [5.41, 5.74) is 2.10. The molecule has 3 aromatic rings. The molecule has 0 fully saturated rings. The number of thiophene rings is 1. The summed E-state index contributed by atoms with van der Waals surface area (Å²) >= 11 is 1.29. The van der Waals surface area contributed by atoms with Gasteiger partial charge in [-0.15, -0.1) is 11.3 Å². The molecular weight excluding hydrogens is 403 g/mol. The zero-order chi connectivity index (χ0) is 21.8. The van der Waals surface area contributed by atoms with E-state index >= 15 is 0 Å². The molecule has 7 heteroatoms. The summed E-state index contributed by atoms with van der Waals surface area (Å²) in [5, 5.41) is 0.454. The lowest BCUT2D eigenvalue weighted by Gasteiger charge is -2.21. The highest BCUT2D eigenvalue weighted by molar-refractivity contribution is 7.21. The number of benzene rings is 2. The van der Waals surface area contributed by atoms with Crippen molar-refractivity contribution in [2.75, 3.05) is 27.7 Å². The molecule has 0 saturated heterocycles. The van der Waals surface area contributed by atoms with Gasteiger partial charge in [0.15, 0.2) is 0 Å². The Balaban J connectivity index is 1.89. The number of fused-ring (bicyclic) bond motifs is 1. The Morgan fingerprint density at radius 3 is 2.37 bits per heavy atom. The van der Waals surface area contributed by atoms with Crippen molar-refractivity contribution in [3.8, 4) is 0 Å². The minimum Gasteiger partial charge on any atom is -0.380 e. The van der Waals surface area contributed by atoms with Crippen molar-refractivity contribution in [3.63, 3.8) is 0 Å². The summed E-state index contributed by atoms with van der Waals surface area (Å²) in [5.74, 6) is -0.570. The van der Waals surface area contributed by atoms with Gasteiger partial charge in [-0.2, -0.15) is 0 Å². The number of amides is 2. The molecule has 0 atom stereocenters. The number of ether oxygens (including phenoxy) is 1. The maximum absolute atomic E-state index is 14.4. The molecule has 3 rings (SSSR count). The molecule has 2 amide bonds. The summed E-state index contributed by atoms with van der Waals surface area (Å²) in [4.78, 5) is 29.1. The lowest BCUT2D eigenvalue weighted by Crippen LogP contribution is -2.30. The van der Waals surface area contributed by atoms with Crippen molar-refractivity contribution < 1.29 is 18.7 Å². The van der Waals surface area contributed by atoms with Crippen LogP contribution in [0.5, 0.6) is 0 Å². The van der Waals surface area contributed by atoms with Gasteiger partial charge in [0.2, 0.25) is 0 Å². The van der Waals surface area contributed by atoms with Crippen LogP contribution in [0.1, 0.15) is 38.1 Å². The van der Waals surface area contributed by atoms with E-state index in [0.29, 0.717) is 34.5 Å². The van der Waals surface area contributed by atoms with Gasteiger partial charge < -0.3 is 14.5 Å². The van der Waals surface area contributed by atoms with Crippen molar-refractivity contribution >= 4 is 33.2 Å². The van der Waals surface area contributed by atoms with Gasteiger partial charge in [-0.05, 0) is 36.8 Å². The first-order chi connectivity index (χ1) is 14.4. The molecule has 0 spiro atoms. The number of carbonyl (C=O) groups excluding carboxylic acids is 2. The summed E-state index contributed by atoms with van der Waals surface area (Å²) in [6, 6.07) is 12.1. The van der Waals surface area contributed by atoms with Crippen molar-refractivity contribution in [2.45, 2.75) is 20.1 Å². The van der Waals surface area contributed by atoms with E-state index in [4.69, 9.17) is 4.74 Å². The Bertz CT molecular complexity index is 1060. The fourth-order valence-corrected chi connectivity index (χ4v) is 4.51. The van der Waals surface area contributed by atoms with E-state index in [-0.39, 0.29) is 24.2 Å². The fraction of sp³-hybridized carbons (Fsp3) is 0.304. The summed E-state index contributed by atoms with van der Waals surface area (Å²) in [7, 11) is 4.95. The molecule has 0 radical (unpaired) electrons. The summed E-state index contributed by atoms with van der Waals surface area (Å²) < 4.78 is 20.4. The number of hydrogen-bond acceptors (Lipinski definition) is 4. The molecule has 0 bridgehead atoms. The molecule has 0 aliphatic rings. The lowest BCUT2D eigenvalue weighted by atomic mass is 10.1. The number of rotatable bonds is 7. The van der Waals surface area contributed by atoms with E-state index in [1.807, 2.05) is 25.1 Å². The van der Waals surface area contributed by atoms with Gasteiger partial charge in [-0.25, -0.2) is 4.39 Å². The molecule has 2 aromatic carbocycles. The fourth-order valence-electron chi connectivity index (χ4n) is 3.32.